The topological polar surface area (TPSA) is 109 Å². The number of ketones is 2. The molecule has 0 aliphatic carbocycles. The molecule has 0 heterocycles. The number of carbonyl (C=O) groups excluding carboxylic acids is 2. The van der Waals surface area contributed by atoms with E-state index in [0.29, 0.717) is 0 Å². The average molecular weight is 242 g/mol. The summed E-state index contributed by atoms with van der Waals surface area (Å²) < 4.78 is 0. The van der Waals surface area contributed by atoms with Crippen LogP contribution in [-0.2, 0) is 38.7 Å². The molecule has 0 bridgehead atoms. The Morgan fingerprint density at radius 1 is 0.769 bits per heavy atom. The Morgan fingerprint density at radius 2 is 0.846 bits per heavy atom. The predicted octanol–water partition coefficient (Wildman–Crippen LogP) is -0.683. The van der Waals surface area contributed by atoms with Gasteiger partial charge in [-0.2, -0.15) is 0 Å². The molecule has 13 heavy (non-hydrogen) atoms. The molecule has 0 aromatic carbocycles. The van der Waals surface area contributed by atoms with E-state index in [1.807, 2.05) is 0 Å². The summed E-state index contributed by atoms with van der Waals surface area (Å²) in [7, 11) is 0. The first-order chi connectivity index (χ1) is 5.29. The molecule has 0 unspecified atom stereocenters. The number of hydrogen-bond acceptors (Lipinski definition) is 4. The Morgan fingerprint density at radius 3 is 0.846 bits per heavy atom. The third kappa shape index (κ3) is 18.1. The Balaban J connectivity index is -0.000000143. The van der Waals surface area contributed by atoms with Crippen molar-refractivity contribution in [3.8, 4) is 0 Å². The summed E-state index contributed by atoms with van der Waals surface area (Å²) in [6.45, 7) is 2.00. The first-order valence-corrected chi connectivity index (χ1v) is 2.76. The largest absolute Gasteiger partial charge is 0.476 e. The second-order valence-electron chi connectivity index (χ2n) is 1.72. The van der Waals surface area contributed by atoms with E-state index in [2.05, 4.69) is 0 Å². The molecule has 0 saturated heterocycles. The van der Waals surface area contributed by atoms with Crippen LogP contribution in [0.3, 0.4) is 0 Å². The Hall–Kier alpha value is -1.10. The first kappa shape index (κ1) is 17.9. The summed E-state index contributed by atoms with van der Waals surface area (Å²) in [5, 5.41) is 15.3. The molecule has 0 aromatic heterocycles. The fraction of sp³-hybridized carbons (Fsp3) is 0.333. The van der Waals surface area contributed by atoms with E-state index in [-0.39, 0.29) is 19.5 Å². The van der Waals surface area contributed by atoms with Crippen molar-refractivity contribution in [2.75, 3.05) is 0 Å². The van der Waals surface area contributed by atoms with Crippen molar-refractivity contribution in [3.63, 3.8) is 0 Å². The Kier molecular flexibility index (Phi) is 12.4. The molecular formula is C6H8O6Zn. The number of carboxylic acids is 2. The second kappa shape index (κ2) is 9.00. The summed E-state index contributed by atoms with van der Waals surface area (Å²) in [5.41, 5.74) is 0. The summed E-state index contributed by atoms with van der Waals surface area (Å²) in [6, 6.07) is 0. The normalized spacial score (nSPS) is 6.92. The van der Waals surface area contributed by atoms with E-state index in [1.54, 1.807) is 0 Å². The number of rotatable bonds is 2. The fourth-order valence-corrected chi connectivity index (χ4v) is 0. The van der Waals surface area contributed by atoms with Gasteiger partial charge in [-0.05, 0) is 0 Å². The van der Waals surface area contributed by atoms with Crippen molar-refractivity contribution in [2.45, 2.75) is 13.8 Å². The molecule has 0 amide bonds. The zero-order valence-electron chi connectivity index (χ0n) is 7.23. The van der Waals surface area contributed by atoms with Gasteiger partial charge in [0.15, 0.2) is 0 Å². The maximum atomic E-state index is 9.54. The molecule has 0 saturated carbocycles. The van der Waals surface area contributed by atoms with Crippen LogP contribution in [0, 0.1) is 0 Å². The van der Waals surface area contributed by atoms with Gasteiger partial charge in [0.25, 0.3) is 0 Å². The minimum atomic E-state index is -1.38. The van der Waals surface area contributed by atoms with Crippen molar-refractivity contribution in [3.05, 3.63) is 0 Å². The molecule has 0 rings (SSSR count). The number of aliphatic carboxylic acids is 2. The molecule has 7 heteroatoms. The molecule has 0 aliphatic rings. The van der Waals surface area contributed by atoms with Gasteiger partial charge in [0, 0.05) is 33.3 Å². The van der Waals surface area contributed by atoms with Gasteiger partial charge in [0.1, 0.15) is 0 Å². The predicted molar refractivity (Wildman–Crippen MR) is 36.6 cm³/mol. The maximum absolute atomic E-state index is 9.54. The third-order valence-electron chi connectivity index (χ3n) is 0.602. The Bertz CT molecular complexity index is 173. The van der Waals surface area contributed by atoms with Crippen LogP contribution >= 0.6 is 0 Å². The van der Waals surface area contributed by atoms with Crippen LogP contribution < -0.4 is 0 Å². The molecule has 0 spiro atoms. The summed E-state index contributed by atoms with van der Waals surface area (Å²) >= 11 is 0. The van der Waals surface area contributed by atoms with Crippen LogP contribution in [-0.4, -0.2) is 33.7 Å². The van der Waals surface area contributed by atoms with Gasteiger partial charge in [-0.3, -0.25) is 9.59 Å². The van der Waals surface area contributed by atoms with Crippen LogP contribution in [0.2, 0.25) is 0 Å². The molecule has 70 valence electrons. The number of hydrogen-bond donors (Lipinski definition) is 2. The monoisotopic (exact) mass is 240 g/mol. The van der Waals surface area contributed by atoms with E-state index in [4.69, 9.17) is 10.2 Å². The van der Waals surface area contributed by atoms with Gasteiger partial charge in [-0.15, -0.1) is 0 Å². The van der Waals surface area contributed by atoms with Crippen LogP contribution in [0.1, 0.15) is 13.8 Å². The third-order valence-corrected chi connectivity index (χ3v) is 0.602. The quantitative estimate of drug-likeness (QED) is 0.490. The first-order valence-electron chi connectivity index (χ1n) is 2.76. The molecule has 0 aromatic rings. The smallest absolute Gasteiger partial charge is 0.371 e. The molecule has 0 aliphatic heterocycles. The van der Waals surface area contributed by atoms with Gasteiger partial charge in [0.2, 0.25) is 11.6 Å². The molecule has 0 atom stereocenters. The van der Waals surface area contributed by atoms with E-state index in [1.165, 1.54) is 0 Å². The fourth-order valence-electron chi connectivity index (χ4n) is 0. The van der Waals surface area contributed by atoms with Gasteiger partial charge in [0.05, 0.1) is 0 Å². The van der Waals surface area contributed by atoms with E-state index in [0.717, 1.165) is 13.8 Å². The van der Waals surface area contributed by atoms with Crippen LogP contribution in [0.5, 0.6) is 0 Å². The summed E-state index contributed by atoms with van der Waals surface area (Å²) in [4.78, 5) is 37.8. The second-order valence-corrected chi connectivity index (χ2v) is 1.72. The zero-order chi connectivity index (χ0) is 10.3. The number of Topliss-reactive ketones (excluding diaryl/α,β-unsaturated/α-hetero) is 2. The molecule has 0 radical (unpaired) electrons. The number of carbonyl (C=O) groups is 4. The van der Waals surface area contributed by atoms with Gasteiger partial charge >= 0.3 is 11.9 Å². The van der Waals surface area contributed by atoms with Crippen LogP contribution in [0.25, 0.3) is 0 Å². The molecular weight excluding hydrogens is 233 g/mol. The van der Waals surface area contributed by atoms with Crippen molar-refractivity contribution >= 4 is 23.5 Å². The van der Waals surface area contributed by atoms with Crippen molar-refractivity contribution < 1.29 is 48.9 Å². The molecule has 2 N–H and O–H groups in total. The van der Waals surface area contributed by atoms with E-state index >= 15 is 0 Å². The van der Waals surface area contributed by atoms with Gasteiger partial charge < -0.3 is 10.2 Å². The Labute approximate surface area is 86.7 Å². The van der Waals surface area contributed by atoms with Crippen LogP contribution in [0.15, 0.2) is 0 Å². The van der Waals surface area contributed by atoms with Crippen molar-refractivity contribution in [1.82, 2.24) is 0 Å². The van der Waals surface area contributed by atoms with Crippen molar-refractivity contribution in [2.24, 2.45) is 0 Å². The standard InChI is InChI=1S/2C3H4O3.Zn/c2*1-2(4)3(5)6;/h2*1H3,(H,5,6);. The van der Waals surface area contributed by atoms with Gasteiger partial charge in [-0.1, -0.05) is 0 Å². The zero-order valence-corrected chi connectivity index (χ0v) is 10.2. The minimum absolute atomic E-state index is 0. The van der Waals surface area contributed by atoms with Gasteiger partial charge in [-0.25, -0.2) is 9.59 Å². The summed E-state index contributed by atoms with van der Waals surface area (Å²) in [6.07, 6.45) is 0. The summed E-state index contributed by atoms with van der Waals surface area (Å²) in [5.74, 6) is -4.41. The van der Waals surface area contributed by atoms with Crippen LogP contribution in [0.4, 0.5) is 0 Å². The minimum Gasteiger partial charge on any atom is -0.476 e. The number of carboxylic acid groups (broad SMARTS) is 2. The van der Waals surface area contributed by atoms with E-state index in [9.17, 15) is 19.2 Å². The SMILES string of the molecule is CC(=O)C(=O)O.CC(=O)C(=O)O.[Zn]. The van der Waals surface area contributed by atoms with Crippen molar-refractivity contribution in [1.29, 1.82) is 0 Å². The average Bonchev–Trinajstić information content (AvgIpc) is 1.88. The maximum Gasteiger partial charge on any atom is 0.371 e. The molecule has 0 fully saturated rings. The van der Waals surface area contributed by atoms with E-state index < -0.39 is 23.5 Å². The molecule has 6 nitrogen and oxygen atoms in total.